The largest absolute Gasteiger partial charge is 0.349 e. The molecule has 0 heterocycles. The van der Waals surface area contributed by atoms with Crippen LogP contribution in [0.25, 0.3) is 0 Å². The van der Waals surface area contributed by atoms with Gasteiger partial charge in [0.15, 0.2) is 0 Å². The van der Waals surface area contributed by atoms with Gasteiger partial charge in [-0.3, -0.25) is 14.4 Å². The van der Waals surface area contributed by atoms with Crippen molar-refractivity contribution in [2.75, 3.05) is 5.32 Å². The van der Waals surface area contributed by atoms with E-state index in [4.69, 9.17) is 0 Å². The van der Waals surface area contributed by atoms with Crippen LogP contribution < -0.4 is 16.0 Å². The third kappa shape index (κ3) is 5.67. The third-order valence-corrected chi connectivity index (χ3v) is 4.84. The minimum Gasteiger partial charge on any atom is -0.349 e. The Balaban J connectivity index is 1.63. The summed E-state index contributed by atoms with van der Waals surface area (Å²) in [5, 5.41) is 8.58. The Bertz CT molecular complexity index is 902. The lowest BCUT2D eigenvalue weighted by Gasteiger charge is -2.22. The van der Waals surface area contributed by atoms with E-state index in [0.29, 0.717) is 22.9 Å². The van der Waals surface area contributed by atoms with Crippen LogP contribution in [0, 0.1) is 12.8 Å². The van der Waals surface area contributed by atoms with Gasteiger partial charge in [0.1, 0.15) is 6.04 Å². The molecule has 152 valence electrons. The zero-order chi connectivity index (χ0) is 21.0. The van der Waals surface area contributed by atoms with Gasteiger partial charge in [0.2, 0.25) is 5.91 Å². The van der Waals surface area contributed by atoms with Crippen molar-refractivity contribution in [2.24, 2.45) is 5.92 Å². The molecule has 2 aromatic rings. The summed E-state index contributed by atoms with van der Waals surface area (Å²) >= 11 is 0. The third-order valence-electron chi connectivity index (χ3n) is 4.84. The van der Waals surface area contributed by atoms with E-state index in [1.807, 2.05) is 32.9 Å². The Kier molecular flexibility index (Phi) is 6.32. The average molecular weight is 393 g/mol. The number of hydrogen-bond donors (Lipinski definition) is 3. The number of aryl methyl sites for hydroxylation is 1. The van der Waals surface area contributed by atoms with Gasteiger partial charge in [-0.25, -0.2) is 0 Å². The number of benzene rings is 2. The van der Waals surface area contributed by atoms with Gasteiger partial charge in [0.25, 0.3) is 11.8 Å². The normalized spacial score (nSPS) is 14.2. The number of amides is 3. The van der Waals surface area contributed by atoms with Crippen molar-refractivity contribution in [3.8, 4) is 0 Å². The van der Waals surface area contributed by atoms with Crippen molar-refractivity contribution < 1.29 is 14.4 Å². The Morgan fingerprint density at radius 1 is 0.931 bits per heavy atom. The Labute approximate surface area is 171 Å². The molecule has 3 amide bonds. The second-order valence-corrected chi connectivity index (χ2v) is 7.88. The lowest BCUT2D eigenvalue weighted by atomic mass is 10.0. The van der Waals surface area contributed by atoms with Gasteiger partial charge in [0, 0.05) is 22.9 Å². The standard InChI is InChI=1S/C23H27N3O3/c1-14(2)20(26-22(28)17-6-4-5-15(3)13-17)23(29)25-18-9-7-16(8-10-18)21(27)24-19-11-12-19/h4-10,13-14,19-20H,11-12H2,1-3H3,(H,24,27)(H,25,29)(H,26,28). The van der Waals surface area contributed by atoms with Crippen LogP contribution in [0.3, 0.4) is 0 Å². The summed E-state index contributed by atoms with van der Waals surface area (Å²) in [7, 11) is 0. The molecule has 1 aliphatic carbocycles. The fraction of sp³-hybridized carbons (Fsp3) is 0.348. The number of anilines is 1. The van der Waals surface area contributed by atoms with Gasteiger partial charge >= 0.3 is 0 Å². The molecule has 1 aliphatic rings. The molecule has 1 fully saturated rings. The molecular weight excluding hydrogens is 366 g/mol. The smallest absolute Gasteiger partial charge is 0.251 e. The maximum absolute atomic E-state index is 12.8. The lowest BCUT2D eigenvalue weighted by Crippen LogP contribution is -2.47. The van der Waals surface area contributed by atoms with E-state index >= 15 is 0 Å². The second kappa shape index (κ2) is 8.90. The van der Waals surface area contributed by atoms with Crippen LogP contribution in [-0.4, -0.2) is 29.8 Å². The summed E-state index contributed by atoms with van der Waals surface area (Å²) < 4.78 is 0. The van der Waals surface area contributed by atoms with Gasteiger partial charge in [-0.1, -0.05) is 31.5 Å². The van der Waals surface area contributed by atoms with E-state index in [9.17, 15) is 14.4 Å². The Hall–Kier alpha value is -3.15. The first-order chi connectivity index (χ1) is 13.8. The molecule has 6 nitrogen and oxygen atoms in total. The fourth-order valence-electron chi connectivity index (χ4n) is 2.97. The fourth-order valence-corrected chi connectivity index (χ4v) is 2.97. The minimum atomic E-state index is -0.680. The topological polar surface area (TPSA) is 87.3 Å². The maximum atomic E-state index is 12.8. The predicted molar refractivity (Wildman–Crippen MR) is 113 cm³/mol. The second-order valence-electron chi connectivity index (χ2n) is 7.88. The minimum absolute atomic E-state index is 0.0904. The van der Waals surface area contributed by atoms with Crippen LogP contribution >= 0.6 is 0 Å². The summed E-state index contributed by atoms with van der Waals surface area (Å²) in [6.07, 6.45) is 2.06. The highest BCUT2D eigenvalue weighted by molar-refractivity contribution is 6.01. The molecule has 0 aromatic heterocycles. The molecular formula is C23H27N3O3. The van der Waals surface area contributed by atoms with Crippen molar-refractivity contribution in [3.63, 3.8) is 0 Å². The van der Waals surface area contributed by atoms with E-state index in [1.54, 1.807) is 36.4 Å². The molecule has 2 aromatic carbocycles. The van der Waals surface area contributed by atoms with Gasteiger partial charge in [-0.05, 0) is 62.1 Å². The SMILES string of the molecule is Cc1cccc(C(=O)NC(C(=O)Nc2ccc(C(=O)NC3CC3)cc2)C(C)C)c1. The molecule has 0 aliphatic heterocycles. The molecule has 0 saturated heterocycles. The summed E-state index contributed by atoms with van der Waals surface area (Å²) in [5.74, 6) is -0.769. The van der Waals surface area contributed by atoms with Crippen molar-refractivity contribution in [1.29, 1.82) is 0 Å². The van der Waals surface area contributed by atoms with Crippen LogP contribution in [0.2, 0.25) is 0 Å². The molecule has 1 atom stereocenters. The molecule has 3 rings (SSSR count). The highest BCUT2D eigenvalue weighted by Gasteiger charge is 2.25. The van der Waals surface area contributed by atoms with Gasteiger partial charge in [0.05, 0.1) is 0 Å². The van der Waals surface area contributed by atoms with E-state index in [0.717, 1.165) is 18.4 Å². The summed E-state index contributed by atoms with van der Waals surface area (Å²) in [6.45, 7) is 5.68. The highest BCUT2D eigenvalue weighted by atomic mass is 16.2. The highest BCUT2D eigenvalue weighted by Crippen LogP contribution is 2.20. The molecule has 6 heteroatoms. The summed E-state index contributed by atoms with van der Waals surface area (Å²) in [5.41, 5.74) is 2.64. The molecule has 0 spiro atoms. The van der Waals surface area contributed by atoms with Crippen LogP contribution in [0.15, 0.2) is 48.5 Å². The number of rotatable bonds is 7. The Morgan fingerprint density at radius 2 is 1.62 bits per heavy atom. The van der Waals surface area contributed by atoms with Crippen molar-refractivity contribution >= 4 is 23.4 Å². The monoisotopic (exact) mass is 393 g/mol. The first kappa shape index (κ1) is 20.6. The number of carbonyl (C=O) groups excluding carboxylic acids is 3. The first-order valence-corrected chi connectivity index (χ1v) is 9.93. The van der Waals surface area contributed by atoms with Gasteiger partial charge in [-0.2, -0.15) is 0 Å². The molecule has 1 unspecified atom stereocenters. The van der Waals surface area contributed by atoms with Crippen LogP contribution in [0.1, 0.15) is 53.0 Å². The van der Waals surface area contributed by atoms with Crippen molar-refractivity contribution in [1.82, 2.24) is 10.6 Å². The molecule has 1 saturated carbocycles. The molecule has 29 heavy (non-hydrogen) atoms. The van der Waals surface area contributed by atoms with Crippen LogP contribution in [0.5, 0.6) is 0 Å². The Morgan fingerprint density at radius 3 is 2.21 bits per heavy atom. The van der Waals surface area contributed by atoms with Crippen molar-refractivity contribution in [2.45, 2.75) is 45.7 Å². The van der Waals surface area contributed by atoms with Gasteiger partial charge < -0.3 is 16.0 Å². The number of hydrogen-bond acceptors (Lipinski definition) is 3. The predicted octanol–water partition coefficient (Wildman–Crippen LogP) is 3.28. The van der Waals surface area contributed by atoms with E-state index in [1.165, 1.54) is 0 Å². The molecule has 0 bridgehead atoms. The molecule has 3 N–H and O–H groups in total. The molecule has 0 radical (unpaired) electrons. The first-order valence-electron chi connectivity index (χ1n) is 9.93. The summed E-state index contributed by atoms with van der Waals surface area (Å²) in [4.78, 5) is 37.4. The average Bonchev–Trinajstić information content (AvgIpc) is 3.50. The zero-order valence-electron chi connectivity index (χ0n) is 17.0. The van der Waals surface area contributed by atoms with E-state index < -0.39 is 6.04 Å². The van der Waals surface area contributed by atoms with Crippen LogP contribution in [0.4, 0.5) is 5.69 Å². The van der Waals surface area contributed by atoms with E-state index in [2.05, 4.69) is 16.0 Å². The maximum Gasteiger partial charge on any atom is 0.251 e. The van der Waals surface area contributed by atoms with Gasteiger partial charge in [-0.15, -0.1) is 0 Å². The zero-order valence-corrected chi connectivity index (χ0v) is 17.0. The summed E-state index contributed by atoms with van der Waals surface area (Å²) in [6, 6.07) is 13.6. The quantitative estimate of drug-likeness (QED) is 0.675. The van der Waals surface area contributed by atoms with Crippen LogP contribution in [-0.2, 0) is 4.79 Å². The van der Waals surface area contributed by atoms with E-state index in [-0.39, 0.29) is 23.6 Å². The number of nitrogens with one attached hydrogen (secondary N) is 3. The number of carbonyl (C=O) groups is 3. The van der Waals surface area contributed by atoms with Crippen molar-refractivity contribution in [3.05, 3.63) is 65.2 Å². The lowest BCUT2D eigenvalue weighted by molar-refractivity contribution is -0.118.